The third kappa shape index (κ3) is 4.72. The van der Waals surface area contributed by atoms with E-state index in [-0.39, 0.29) is 18.8 Å². The van der Waals surface area contributed by atoms with Crippen molar-refractivity contribution in [3.05, 3.63) is 59.7 Å². The van der Waals surface area contributed by atoms with Gasteiger partial charge in [0.05, 0.1) is 12.2 Å². The second-order valence-electron chi connectivity index (χ2n) is 4.63. The highest BCUT2D eigenvalue weighted by Crippen LogP contribution is 2.29. The highest BCUT2D eigenvalue weighted by molar-refractivity contribution is 6.04. The molecule has 0 bridgehead atoms. The molecule has 0 aliphatic rings. The van der Waals surface area contributed by atoms with Gasteiger partial charge in [-0.15, -0.1) is 0 Å². The van der Waals surface area contributed by atoms with Gasteiger partial charge in [0.1, 0.15) is 12.4 Å². The molecule has 122 valence electrons. The van der Waals surface area contributed by atoms with Crippen molar-refractivity contribution in [1.82, 2.24) is 0 Å². The maximum Gasteiger partial charge on any atom is 0.416 e. The maximum absolute atomic E-state index is 12.5. The van der Waals surface area contributed by atoms with Gasteiger partial charge in [-0.25, -0.2) is 0 Å². The fourth-order valence-electron chi connectivity index (χ4n) is 1.81. The molecule has 0 radical (unpaired) electrons. The van der Waals surface area contributed by atoms with Crippen LogP contribution in [0.4, 0.5) is 18.9 Å². The minimum absolute atomic E-state index is 0.105. The largest absolute Gasteiger partial charge is 0.491 e. The van der Waals surface area contributed by atoms with Crippen molar-refractivity contribution in [2.45, 2.75) is 6.18 Å². The molecule has 0 aliphatic carbocycles. The highest BCUT2D eigenvalue weighted by atomic mass is 19.4. The number of alkyl halides is 3. The predicted molar refractivity (Wildman–Crippen MR) is 78.4 cm³/mol. The van der Waals surface area contributed by atoms with Crippen LogP contribution in [0, 0.1) is 0 Å². The van der Waals surface area contributed by atoms with Crippen LogP contribution >= 0.6 is 0 Å². The van der Waals surface area contributed by atoms with E-state index in [9.17, 15) is 18.0 Å². The summed E-state index contributed by atoms with van der Waals surface area (Å²) in [6.45, 7) is 0.0592. The van der Waals surface area contributed by atoms with Crippen LogP contribution in [0.2, 0.25) is 0 Å². The van der Waals surface area contributed by atoms with Crippen LogP contribution in [0.15, 0.2) is 48.5 Å². The summed E-state index contributed by atoms with van der Waals surface area (Å²) in [7, 11) is 0. The number of aliphatic hydroxyl groups excluding tert-OH is 1. The van der Waals surface area contributed by atoms with Crippen molar-refractivity contribution >= 4 is 11.6 Å². The first kappa shape index (κ1) is 16.8. The fourth-order valence-corrected chi connectivity index (χ4v) is 1.81. The minimum atomic E-state index is -4.43. The Morgan fingerprint density at radius 1 is 1.04 bits per heavy atom. The van der Waals surface area contributed by atoms with E-state index in [4.69, 9.17) is 9.84 Å². The van der Waals surface area contributed by atoms with E-state index in [1.807, 2.05) is 0 Å². The van der Waals surface area contributed by atoms with Crippen molar-refractivity contribution in [1.29, 1.82) is 0 Å². The Kier molecular flexibility index (Phi) is 5.23. The SMILES string of the molecule is O=C(Nc1ccc(OCCO)cc1)c1ccc(C(F)(F)F)cc1. The van der Waals surface area contributed by atoms with Gasteiger partial charge in [0, 0.05) is 11.3 Å². The zero-order valence-corrected chi connectivity index (χ0v) is 11.9. The van der Waals surface area contributed by atoms with Gasteiger partial charge >= 0.3 is 6.18 Å². The standard InChI is InChI=1S/C16H14F3NO3/c17-16(18,19)12-3-1-11(2-4-12)15(22)20-13-5-7-14(8-6-13)23-10-9-21/h1-8,21H,9-10H2,(H,20,22). The van der Waals surface area contributed by atoms with Crippen LogP contribution in [0.5, 0.6) is 5.75 Å². The quantitative estimate of drug-likeness (QED) is 0.886. The third-order valence-corrected chi connectivity index (χ3v) is 2.95. The van der Waals surface area contributed by atoms with Crippen molar-refractivity contribution < 1.29 is 27.8 Å². The summed E-state index contributed by atoms with van der Waals surface area (Å²) in [5.74, 6) is 0.0225. The minimum Gasteiger partial charge on any atom is -0.491 e. The molecule has 7 heteroatoms. The van der Waals surface area contributed by atoms with Gasteiger partial charge in [0.2, 0.25) is 0 Å². The van der Waals surface area contributed by atoms with Gasteiger partial charge in [-0.1, -0.05) is 0 Å². The lowest BCUT2D eigenvalue weighted by Crippen LogP contribution is -2.12. The van der Waals surface area contributed by atoms with Crippen molar-refractivity contribution in [2.24, 2.45) is 0 Å². The molecule has 0 heterocycles. The average Bonchev–Trinajstić information content (AvgIpc) is 2.53. The Bertz CT molecular complexity index is 652. The Hall–Kier alpha value is -2.54. The molecule has 0 unspecified atom stereocenters. The van der Waals surface area contributed by atoms with Crippen LogP contribution in [0.3, 0.4) is 0 Å². The van der Waals surface area contributed by atoms with E-state index in [2.05, 4.69) is 5.32 Å². The van der Waals surface area contributed by atoms with Crippen molar-refractivity contribution in [3.8, 4) is 5.75 Å². The molecule has 1 amide bonds. The smallest absolute Gasteiger partial charge is 0.416 e. The zero-order valence-electron chi connectivity index (χ0n) is 11.9. The maximum atomic E-state index is 12.5. The number of hydrogen-bond donors (Lipinski definition) is 2. The summed E-state index contributed by atoms with van der Waals surface area (Å²) >= 11 is 0. The normalized spacial score (nSPS) is 11.1. The molecule has 0 spiro atoms. The summed E-state index contributed by atoms with van der Waals surface area (Å²) in [5, 5.41) is 11.2. The first-order valence-electron chi connectivity index (χ1n) is 6.72. The molecule has 2 rings (SSSR count). The molecular formula is C16H14F3NO3. The molecule has 4 nitrogen and oxygen atoms in total. The molecule has 2 aromatic rings. The molecule has 23 heavy (non-hydrogen) atoms. The van der Waals surface area contributed by atoms with E-state index in [0.717, 1.165) is 24.3 Å². The van der Waals surface area contributed by atoms with Crippen LogP contribution < -0.4 is 10.1 Å². The summed E-state index contributed by atoms with van der Waals surface area (Å²) in [6.07, 6.45) is -4.43. The van der Waals surface area contributed by atoms with Gasteiger partial charge in [-0.3, -0.25) is 4.79 Å². The van der Waals surface area contributed by atoms with E-state index >= 15 is 0 Å². The molecule has 0 aliphatic heterocycles. The molecule has 0 fully saturated rings. The Morgan fingerprint density at radius 3 is 2.17 bits per heavy atom. The fraction of sp³-hybridized carbons (Fsp3) is 0.188. The lowest BCUT2D eigenvalue weighted by atomic mass is 10.1. The number of amides is 1. The van der Waals surface area contributed by atoms with E-state index in [0.29, 0.717) is 11.4 Å². The number of aliphatic hydroxyl groups is 1. The lowest BCUT2D eigenvalue weighted by Gasteiger charge is -2.09. The molecule has 0 atom stereocenters. The summed E-state index contributed by atoms with van der Waals surface area (Å²) in [5.41, 5.74) is -0.204. The second kappa shape index (κ2) is 7.15. The zero-order chi connectivity index (χ0) is 16.9. The van der Waals surface area contributed by atoms with E-state index < -0.39 is 17.6 Å². The van der Waals surface area contributed by atoms with Crippen LogP contribution in [-0.2, 0) is 6.18 Å². The number of carbonyl (C=O) groups is 1. The number of nitrogens with one attached hydrogen (secondary N) is 1. The topological polar surface area (TPSA) is 58.6 Å². The molecule has 0 saturated carbocycles. The number of anilines is 1. The molecule has 2 N–H and O–H groups in total. The van der Waals surface area contributed by atoms with Crippen LogP contribution in [-0.4, -0.2) is 24.2 Å². The highest BCUT2D eigenvalue weighted by Gasteiger charge is 2.30. The third-order valence-electron chi connectivity index (χ3n) is 2.95. The van der Waals surface area contributed by atoms with Gasteiger partial charge in [-0.2, -0.15) is 13.2 Å². The Morgan fingerprint density at radius 2 is 1.65 bits per heavy atom. The number of ether oxygens (including phenoxy) is 1. The van der Waals surface area contributed by atoms with Gasteiger partial charge in [0.15, 0.2) is 0 Å². The number of hydrogen-bond acceptors (Lipinski definition) is 3. The van der Waals surface area contributed by atoms with E-state index in [1.165, 1.54) is 0 Å². The Balaban J connectivity index is 2.01. The van der Waals surface area contributed by atoms with Gasteiger partial charge in [0.25, 0.3) is 5.91 Å². The average molecular weight is 325 g/mol. The summed E-state index contributed by atoms with van der Waals surface area (Å²) in [6, 6.07) is 10.4. The predicted octanol–water partition coefficient (Wildman–Crippen LogP) is 3.33. The summed E-state index contributed by atoms with van der Waals surface area (Å²) < 4.78 is 42.6. The second-order valence-corrected chi connectivity index (χ2v) is 4.63. The number of benzene rings is 2. The first-order chi connectivity index (χ1) is 10.9. The van der Waals surface area contributed by atoms with Crippen molar-refractivity contribution in [2.75, 3.05) is 18.5 Å². The number of halogens is 3. The molecule has 0 aromatic heterocycles. The van der Waals surface area contributed by atoms with Crippen LogP contribution in [0.25, 0.3) is 0 Å². The number of carbonyl (C=O) groups excluding carboxylic acids is 1. The molecule has 0 saturated heterocycles. The molecular weight excluding hydrogens is 311 g/mol. The monoisotopic (exact) mass is 325 g/mol. The molecule has 2 aromatic carbocycles. The van der Waals surface area contributed by atoms with E-state index in [1.54, 1.807) is 24.3 Å². The Labute approximate surface area is 130 Å². The first-order valence-corrected chi connectivity index (χ1v) is 6.72. The van der Waals surface area contributed by atoms with Gasteiger partial charge in [-0.05, 0) is 48.5 Å². The van der Waals surface area contributed by atoms with Crippen LogP contribution in [0.1, 0.15) is 15.9 Å². The van der Waals surface area contributed by atoms with Gasteiger partial charge < -0.3 is 15.2 Å². The number of rotatable bonds is 5. The lowest BCUT2D eigenvalue weighted by molar-refractivity contribution is -0.137. The van der Waals surface area contributed by atoms with Crippen molar-refractivity contribution in [3.63, 3.8) is 0 Å². The summed E-state index contributed by atoms with van der Waals surface area (Å²) in [4.78, 5) is 12.0.